The Balaban J connectivity index is 2.28. The van der Waals surface area contributed by atoms with Gasteiger partial charge in [-0.25, -0.2) is 9.78 Å². The lowest BCUT2D eigenvalue weighted by molar-refractivity contribution is -0.149. The highest BCUT2D eigenvalue weighted by atomic mass is 19.4. The van der Waals surface area contributed by atoms with Gasteiger partial charge in [0, 0.05) is 33.3 Å². The predicted octanol–water partition coefficient (Wildman–Crippen LogP) is 3.35. The van der Waals surface area contributed by atoms with Gasteiger partial charge in [0.1, 0.15) is 36.2 Å². The van der Waals surface area contributed by atoms with Crippen LogP contribution in [0.15, 0.2) is 18.3 Å². The van der Waals surface area contributed by atoms with Crippen molar-refractivity contribution in [2.24, 2.45) is 5.73 Å². The Hall–Kier alpha value is -3.31. The Morgan fingerprint density at radius 3 is 2.54 bits per heavy atom. The van der Waals surface area contributed by atoms with E-state index in [1.807, 2.05) is 6.07 Å². The molecule has 0 saturated carbocycles. The second-order valence-corrected chi connectivity index (χ2v) is 7.67. The minimum Gasteiger partial charge on any atom is -0.489 e. The number of aryl methyl sites for hydroxylation is 1. The SMILES string of the molecule is COCCOc1cc([N+]2(C(N)=O)CCCc3cc(C(F)(F)F)c(C(OC)OC)nc32)ncc1C#N. The predicted molar refractivity (Wildman–Crippen MR) is 117 cm³/mol. The van der Waals surface area contributed by atoms with Gasteiger partial charge < -0.3 is 24.7 Å². The number of primary amides is 1. The number of alkyl halides is 3. The first-order chi connectivity index (χ1) is 16.6. The molecule has 2 amide bonds. The van der Waals surface area contributed by atoms with Crippen molar-refractivity contribution in [2.75, 3.05) is 41.1 Å². The van der Waals surface area contributed by atoms with E-state index >= 15 is 0 Å². The van der Waals surface area contributed by atoms with Crippen LogP contribution in [0.5, 0.6) is 5.75 Å². The maximum Gasteiger partial charge on any atom is 0.426 e. The van der Waals surface area contributed by atoms with E-state index in [9.17, 15) is 23.2 Å². The van der Waals surface area contributed by atoms with Gasteiger partial charge >= 0.3 is 12.2 Å². The number of amides is 2. The highest BCUT2D eigenvalue weighted by Crippen LogP contribution is 2.44. The number of carbonyl (C=O) groups excluding carboxylic acids is 1. The van der Waals surface area contributed by atoms with Crippen molar-refractivity contribution in [1.29, 1.82) is 5.26 Å². The van der Waals surface area contributed by atoms with Gasteiger partial charge in [-0.15, -0.1) is 4.48 Å². The number of fused-ring (bicyclic) bond motifs is 1. The maximum absolute atomic E-state index is 13.9. The van der Waals surface area contributed by atoms with Crippen molar-refractivity contribution in [2.45, 2.75) is 25.3 Å². The van der Waals surface area contributed by atoms with Crippen molar-refractivity contribution < 1.29 is 36.9 Å². The summed E-state index contributed by atoms with van der Waals surface area (Å²) < 4.78 is 61.6. The molecule has 0 bridgehead atoms. The Bertz CT molecular complexity index is 1130. The van der Waals surface area contributed by atoms with Crippen LogP contribution in [0.2, 0.25) is 0 Å². The van der Waals surface area contributed by atoms with Gasteiger partial charge in [-0.3, -0.25) is 0 Å². The Morgan fingerprint density at radius 2 is 1.97 bits per heavy atom. The Labute approximate surface area is 199 Å². The molecule has 2 aromatic rings. The van der Waals surface area contributed by atoms with Crippen LogP contribution in [0.25, 0.3) is 0 Å². The van der Waals surface area contributed by atoms with E-state index in [0.717, 1.165) is 6.07 Å². The minimum atomic E-state index is -4.75. The average molecular weight is 496 g/mol. The van der Waals surface area contributed by atoms with Crippen LogP contribution in [0.3, 0.4) is 0 Å². The molecule has 1 atom stereocenters. The van der Waals surface area contributed by atoms with E-state index in [1.165, 1.54) is 33.6 Å². The van der Waals surface area contributed by atoms with Gasteiger partial charge in [0.15, 0.2) is 0 Å². The van der Waals surface area contributed by atoms with Gasteiger partial charge in [0.25, 0.3) is 0 Å². The Morgan fingerprint density at radius 1 is 1.26 bits per heavy atom. The molecule has 2 aromatic heterocycles. The summed E-state index contributed by atoms with van der Waals surface area (Å²) in [6.07, 6.45) is -4.42. The zero-order valence-corrected chi connectivity index (χ0v) is 19.4. The van der Waals surface area contributed by atoms with E-state index in [0.29, 0.717) is 6.42 Å². The number of ether oxygens (including phenoxy) is 4. The van der Waals surface area contributed by atoms with Gasteiger partial charge in [0.2, 0.25) is 17.9 Å². The van der Waals surface area contributed by atoms with Crippen molar-refractivity contribution in [3.8, 4) is 11.8 Å². The smallest absolute Gasteiger partial charge is 0.426 e. The van der Waals surface area contributed by atoms with Crippen molar-refractivity contribution in [3.05, 3.63) is 40.7 Å². The molecule has 0 aliphatic carbocycles. The van der Waals surface area contributed by atoms with Crippen LogP contribution in [-0.4, -0.2) is 57.1 Å². The highest BCUT2D eigenvalue weighted by molar-refractivity contribution is 5.92. The summed E-state index contributed by atoms with van der Waals surface area (Å²) >= 11 is 0. The maximum atomic E-state index is 13.9. The topological polar surface area (TPSA) is 130 Å². The quantitative estimate of drug-likeness (QED) is 0.335. The number of pyridine rings is 2. The molecule has 0 spiro atoms. The lowest BCUT2D eigenvalue weighted by Crippen LogP contribution is -2.56. The molecule has 35 heavy (non-hydrogen) atoms. The number of urea groups is 1. The number of aromatic nitrogens is 2. The third kappa shape index (κ3) is 4.92. The first-order valence-electron chi connectivity index (χ1n) is 10.5. The second kappa shape index (κ2) is 10.5. The van der Waals surface area contributed by atoms with Crippen LogP contribution < -0.4 is 15.0 Å². The summed E-state index contributed by atoms with van der Waals surface area (Å²) in [6.45, 7) is 0.436. The first-order valence-corrected chi connectivity index (χ1v) is 10.5. The van der Waals surface area contributed by atoms with Gasteiger partial charge in [-0.1, -0.05) is 0 Å². The summed E-state index contributed by atoms with van der Waals surface area (Å²) in [5, 5.41) is 9.42. The lowest BCUT2D eigenvalue weighted by atomic mass is 9.99. The number of methoxy groups -OCH3 is 3. The summed E-state index contributed by atoms with van der Waals surface area (Å²) in [5.41, 5.74) is 4.56. The normalized spacial score (nSPS) is 17.7. The molecule has 0 saturated heterocycles. The number of nitrogens with zero attached hydrogens (tertiary/aromatic N) is 4. The number of hydrogen-bond acceptors (Lipinski definition) is 8. The number of nitrogens with two attached hydrogens (primary N) is 1. The molecule has 3 heterocycles. The minimum absolute atomic E-state index is 0.0223. The third-order valence-corrected chi connectivity index (χ3v) is 5.65. The molecule has 13 heteroatoms. The zero-order valence-electron chi connectivity index (χ0n) is 19.4. The molecule has 1 aliphatic heterocycles. The fourth-order valence-electron chi connectivity index (χ4n) is 4.04. The summed E-state index contributed by atoms with van der Waals surface area (Å²) in [5.74, 6) is 0.152. The summed E-state index contributed by atoms with van der Waals surface area (Å²) in [7, 11) is 3.84. The number of rotatable bonds is 8. The number of carbonyl (C=O) groups is 1. The van der Waals surface area contributed by atoms with E-state index in [4.69, 9.17) is 24.7 Å². The van der Waals surface area contributed by atoms with Gasteiger partial charge in [0.05, 0.1) is 24.4 Å². The van der Waals surface area contributed by atoms with E-state index in [1.54, 1.807) is 0 Å². The van der Waals surface area contributed by atoms with E-state index in [2.05, 4.69) is 9.97 Å². The Kier molecular flexibility index (Phi) is 7.91. The summed E-state index contributed by atoms with van der Waals surface area (Å²) in [4.78, 5) is 21.5. The van der Waals surface area contributed by atoms with Crippen molar-refractivity contribution in [3.63, 3.8) is 0 Å². The van der Waals surface area contributed by atoms with Gasteiger partial charge in [-0.05, 0) is 12.5 Å². The van der Waals surface area contributed by atoms with Gasteiger partial charge in [-0.2, -0.15) is 23.4 Å². The number of nitriles is 1. The highest BCUT2D eigenvalue weighted by Gasteiger charge is 2.49. The monoisotopic (exact) mass is 496 g/mol. The summed E-state index contributed by atoms with van der Waals surface area (Å²) in [6, 6.07) is 3.36. The molecule has 10 nitrogen and oxygen atoms in total. The molecule has 1 unspecified atom stereocenters. The fourth-order valence-corrected chi connectivity index (χ4v) is 4.04. The van der Waals surface area contributed by atoms with Crippen LogP contribution >= 0.6 is 0 Å². The van der Waals surface area contributed by atoms with E-state index < -0.39 is 34.2 Å². The van der Waals surface area contributed by atoms with Crippen LogP contribution in [0, 0.1) is 11.3 Å². The number of hydrogen-bond donors (Lipinski definition) is 1. The third-order valence-electron chi connectivity index (χ3n) is 5.65. The van der Waals surface area contributed by atoms with E-state index in [-0.39, 0.29) is 54.7 Å². The molecule has 188 valence electrons. The largest absolute Gasteiger partial charge is 0.489 e. The standard InChI is InChI=1S/C22H24F3N5O5/c1-32-7-8-35-16-10-17(28-12-14(16)11-26)30(21(27)31)6-4-5-13-9-15(22(23,24)25)18(29-19(13)30)20(33-2)34-3/h9-10,12,20H,4-8H2,1-3H3,(H-,27,31)/p+1. The molecule has 2 N–H and O–H groups in total. The number of quaternary nitrogens is 1. The molecule has 0 fully saturated rings. The fraction of sp³-hybridized carbons (Fsp3) is 0.455. The second-order valence-electron chi connectivity index (χ2n) is 7.67. The first kappa shape index (κ1) is 26.3. The molecule has 0 aromatic carbocycles. The lowest BCUT2D eigenvalue weighted by Gasteiger charge is -2.36. The van der Waals surface area contributed by atoms with Crippen LogP contribution in [-0.2, 0) is 26.8 Å². The molecule has 1 aliphatic rings. The average Bonchev–Trinajstić information content (AvgIpc) is 2.83. The molecule has 3 rings (SSSR count). The molecular formula is C22H25F3N5O5+. The van der Waals surface area contributed by atoms with Crippen LogP contribution in [0.4, 0.5) is 29.6 Å². The van der Waals surface area contributed by atoms with Crippen LogP contribution in [0.1, 0.15) is 35.1 Å². The molecular weight excluding hydrogens is 471 g/mol. The van der Waals surface area contributed by atoms with Crippen molar-refractivity contribution in [1.82, 2.24) is 14.5 Å². The van der Waals surface area contributed by atoms with Crippen molar-refractivity contribution >= 4 is 17.7 Å². The zero-order chi connectivity index (χ0) is 25.8. The molecule has 0 radical (unpaired) electrons. The number of halogens is 3.